The van der Waals surface area contributed by atoms with Gasteiger partial charge in [-0.15, -0.1) is 0 Å². The van der Waals surface area contributed by atoms with Crippen molar-refractivity contribution in [3.63, 3.8) is 0 Å². The van der Waals surface area contributed by atoms with Crippen molar-refractivity contribution in [3.05, 3.63) is 102 Å². The lowest BCUT2D eigenvalue weighted by atomic mass is 10.1. The van der Waals surface area contributed by atoms with Gasteiger partial charge in [0.15, 0.2) is 0 Å². The topological polar surface area (TPSA) is 85.8 Å². The number of nitrogens with zero attached hydrogens (tertiary/aromatic N) is 4. The Hall–Kier alpha value is -4.40. The quantitative estimate of drug-likeness (QED) is 0.307. The lowest BCUT2D eigenvalue weighted by Crippen LogP contribution is -2.31. The van der Waals surface area contributed by atoms with Crippen LogP contribution in [0.1, 0.15) is 30.3 Å². The second-order valence-electron chi connectivity index (χ2n) is 8.43. The lowest BCUT2D eigenvalue weighted by molar-refractivity contribution is -0.122. The monoisotopic (exact) mass is 487 g/mol. The Morgan fingerprint density at radius 2 is 1.69 bits per heavy atom. The molecule has 9 heteroatoms. The third-order valence-corrected chi connectivity index (χ3v) is 5.88. The van der Waals surface area contributed by atoms with Crippen LogP contribution in [0, 0.1) is 11.6 Å². The minimum atomic E-state index is -0.371. The molecular weight excluding hydrogens is 464 g/mol. The molecule has 0 spiro atoms. The lowest BCUT2D eigenvalue weighted by Gasteiger charge is -2.20. The molecule has 0 aliphatic rings. The number of aromatic nitrogens is 4. The summed E-state index contributed by atoms with van der Waals surface area (Å²) < 4.78 is 33.9. The second kappa shape index (κ2) is 10.5. The Kier molecular flexibility index (Phi) is 6.79. The van der Waals surface area contributed by atoms with Crippen LogP contribution in [0.5, 0.6) is 0 Å². The van der Waals surface area contributed by atoms with E-state index in [-0.39, 0.29) is 30.0 Å². The second-order valence-corrected chi connectivity index (χ2v) is 8.43. The maximum absolute atomic E-state index is 13.5. The number of hydrogen-bond acceptors (Lipinski definition) is 5. The van der Waals surface area contributed by atoms with Gasteiger partial charge in [-0.25, -0.2) is 13.8 Å². The predicted octanol–water partition coefficient (Wildman–Crippen LogP) is 5.24. The van der Waals surface area contributed by atoms with Crippen LogP contribution in [0.15, 0.2) is 83.6 Å². The van der Waals surface area contributed by atoms with Crippen LogP contribution >= 0.6 is 0 Å². The number of amides is 1. The van der Waals surface area contributed by atoms with Crippen LogP contribution in [-0.4, -0.2) is 25.6 Å². The van der Waals surface area contributed by atoms with Gasteiger partial charge in [0, 0.05) is 24.9 Å². The highest BCUT2D eigenvalue weighted by atomic mass is 19.1. The maximum atomic E-state index is 13.5. The Labute approximate surface area is 205 Å². The zero-order chi connectivity index (χ0) is 24.9. The highest BCUT2D eigenvalue weighted by molar-refractivity contribution is 5.77. The summed E-state index contributed by atoms with van der Waals surface area (Å²) in [6, 6.07) is 19.3. The maximum Gasteiger partial charge on any atom is 0.226 e. The predicted molar refractivity (Wildman–Crippen MR) is 130 cm³/mol. The average molecular weight is 488 g/mol. The molecule has 1 N–H and O–H groups in total. The third-order valence-electron chi connectivity index (χ3n) is 5.88. The number of benzene rings is 3. The molecule has 0 fully saturated rings. The molecule has 3 aromatic carbocycles. The number of nitrogens with one attached hydrogen (secondary N) is 1. The SMILES string of the molecule is O=C(CCCc1nc(-c2ccc(F)cc2)no1)NC(Cn1cnc2ccccc21)c1ccc(F)cc1. The van der Waals surface area contributed by atoms with Crippen molar-refractivity contribution in [2.24, 2.45) is 0 Å². The van der Waals surface area contributed by atoms with Crippen molar-refractivity contribution in [3.8, 4) is 11.4 Å². The zero-order valence-corrected chi connectivity index (χ0v) is 19.3. The number of carbonyl (C=O) groups is 1. The molecule has 182 valence electrons. The molecule has 36 heavy (non-hydrogen) atoms. The van der Waals surface area contributed by atoms with E-state index in [4.69, 9.17) is 4.52 Å². The average Bonchev–Trinajstić information content (AvgIpc) is 3.52. The van der Waals surface area contributed by atoms with Gasteiger partial charge in [0.05, 0.1) is 23.4 Å². The van der Waals surface area contributed by atoms with E-state index in [0.717, 1.165) is 16.6 Å². The first-order chi connectivity index (χ1) is 17.5. The highest BCUT2D eigenvalue weighted by Crippen LogP contribution is 2.21. The fourth-order valence-corrected chi connectivity index (χ4v) is 4.02. The van der Waals surface area contributed by atoms with Gasteiger partial charge < -0.3 is 14.4 Å². The van der Waals surface area contributed by atoms with Crippen LogP contribution < -0.4 is 5.32 Å². The van der Waals surface area contributed by atoms with Gasteiger partial charge in [0.25, 0.3) is 0 Å². The molecule has 2 heterocycles. The molecule has 1 atom stereocenters. The molecule has 0 bridgehead atoms. The number of halogens is 2. The standard InChI is InChI=1S/C27H23F2N5O2/c28-20-12-8-18(9-13-20)23(16-34-17-30-22-4-1-2-5-24(22)34)31-25(35)6-3-7-26-32-27(33-36-26)19-10-14-21(29)15-11-19/h1-2,4-5,8-15,17,23H,3,6-7,16H2,(H,31,35). The van der Waals surface area contributed by atoms with Crippen molar-refractivity contribution in [2.75, 3.05) is 0 Å². The van der Waals surface area contributed by atoms with Crippen LogP contribution in [0.4, 0.5) is 8.78 Å². The summed E-state index contributed by atoms with van der Waals surface area (Å²) >= 11 is 0. The van der Waals surface area contributed by atoms with E-state index in [9.17, 15) is 13.6 Å². The van der Waals surface area contributed by atoms with Gasteiger partial charge in [-0.1, -0.05) is 29.4 Å². The largest absolute Gasteiger partial charge is 0.347 e. The molecule has 5 aromatic rings. The van der Waals surface area contributed by atoms with E-state index in [1.807, 2.05) is 28.8 Å². The van der Waals surface area contributed by atoms with Crippen molar-refractivity contribution in [1.82, 2.24) is 25.0 Å². The van der Waals surface area contributed by atoms with E-state index in [2.05, 4.69) is 20.4 Å². The fraction of sp³-hybridized carbons (Fsp3) is 0.185. The summed E-state index contributed by atoms with van der Waals surface area (Å²) in [6.45, 7) is 0.447. The first kappa shape index (κ1) is 23.3. The summed E-state index contributed by atoms with van der Waals surface area (Å²) in [5, 5.41) is 6.99. The van der Waals surface area contributed by atoms with E-state index in [1.165, 1.54) is 24.3 Å². The summed E-state index contributed by atoms with van der Waals surface area (Å²) in [5.41, 5.74) is 3.26. The van der Waals surface area contributed by atoms with Crippen molar-refractivity contribution < 1.29 is 18.1 Å². The van der Waals surface area contributed by atoms with Crippen molar-refractivity contribution >= 4 is 16.9 Å². The minimum absolute atomic E-state index is 0.146. The van der Waals surface area contributed by atoms with E-state index < -0.39 is 0 Å². The molecular formula is C27H23F2N5O2. The van der Waals surface area contributed by atoms with Crippen LogP contribution in [0.25, 0.3) is 22.4 Å². The summed E-state index contributed by atoms with van der Waals surface area (Å²) in [7, 11) is 0. The van der Waals surface area contributed by atoms with Crippen molar-refractivity contribution in [2.45, 2.75) is 31.8 Å². The number of carbonyl (C=O) groups excluding carboxylic acids is 1. The number of aryl methyl sites for hydroxylation is 1. The number of hydrogen-bond donors (Lipinski definition) is 1. The Bertz CT molecular complexity index is 1460. The molecule has 0 radical (unpaired) electrons. The molecule has 7 nitrogen and oxygen atoms in total. The first-order valence-corrected chi connectivity index (χ1v) is 11.6. The van der Waals surface area contributed by atoms with Gasteiger partial charge >= 0.3 is 0 Å². The molecule has 5 rings (SSSR count). The van der Waals surface area contributed by atoms with Gasteiger partial charge in [0.2, 0.25) is 17.6 Å². The number of rotatable bonds is 9. The highest BCUT2D eigenvalue weighted by Gasteiger charge is 2.17. The van der Waals surface area contributed by atoms with Crippen LogP contribution in [-0.2, 0) is 17.8 Å². The van der Waals surface area contributed by atoms with E-state index >= 15 is 0 Å². The van der Waals surface area contributed by atoms with Gasteiger partial charge in [0.1, 0.15) is 11.6 Å². The number of fused-ring (bicyclic) bond motifs is 1. The Morgan fingerprint density at radius 1 is 0.972 bits per heavy atom. The minimum Gasteiger partial charge on any atom is -0.347 e. The summed E-state index contributed by atoms with van der Waals surface area (Å²) in [6.07, 6.45) is 2.91. The van der Waals surface area contributed by atoms with Gasteiger partial charge in [-0.3, -0.25) is 4.79 Å². The molecule has 2 aromatic heterocycles. The van der Waals surface area contributed by atoms with Crippen LogP contribution in [0.2, 0.25) is 0 Å². The molecule has 0 saturated carbocycles. The molecule has 1 amide bonds. The molecule has 0 aliphatic carbocycles. The third kappa shape index (κ3) is 5.46. The molecule has 0 aliphatic heterocycles. The van der Waals surface area contributed by atoms with Gasteiger partial charge in [-0.2, -0.15) is 4.98 Å². The first-order valence-electron chi connectivity index (χ1n) is 11.6. The molecule has 1 unspecified atom stereocenters. The van der Waals surface area contributed by atoms with Gasteiger partial charge in [-0.05, 0) is 60.5 Å². The van der Waals surface area contributed by atoms with Crippen molar-refractivity contribution in [1.29, 1.82) is 0 Å². The van der Waals surface area contributed by atoms with Crippen LogP contribution in [0.3, 0.4) is 0 Å². The number of para-hydroxylation sites is 2. The number of imidazole rings is 1. The Balaban J connectivity index is 1.22. The fourth-order valence-electron chi connectivity index (χ4n) is 4.02. The van der Waals surface area contributed by atoms with E-state index in [0.29, 0.717) is 36.7 Å². The summed E-state index contributed by atoms with van der Waals surface area (Å²) in [4.78, 5) is 21.6. The smallest absolute Gasteiger partial charge is 0.226 e. The zero-order valence-electron chi connectivity index (χ0n) is 19.3. The Morgan fingerprint density at radius 3 is 2.47 bits per heavy atom. The molecule has 0 saturated heterocycles. The van der Waals surface area contributed by atoms with E-state index in [1.54, 1.807) is 30.6 Å². The normalized spacial score (nSPS) is 12.1. The summed E-state index contributed by atoms with van der Waals surface area (Å²) in [5.74, 6) is -0.0439.